The standard InChI is InChI=1S/C22H17N5O2/c1-2-19-17(16-10-6-7-11-20(16)29-19)12-24-26-14-23-21-18(22(26)28)13-25-27(21)15-8-4-3-5-9-15/h3-14H,2H2,1H3/b24-12-. The van der Waals surface area contributed by atoms with Crippen LogP contribution in [0.1, 0.15) is 18.2 Å². The van der Waals surface area contributed by atoms with Gasteiger partial charge in [0.05, 0.1) is 18.1 Å². The van der Waals surface area contributed by atoms with Crippen molar-refractivity contribution in [2.45, 2.75) is 13.3 Å². The number of fused-ring (bicyclic) bond motifs is 2. The summed E-state index contributed by atoms with van der Waals surface area (Å²) >= 11 is 0. The summed E-state index contributed by atoms with van der Waals surface area (Å²) in [4.78, 5) is 17.3. The largest absolute Gasteiger partial charge is 0.460 e. The molecule has 0 N–H and O–H groups in total. The Hall–Kier alpha value is -4.00. The third-order valence-corrected chi connectivity index (χ3v) is 4.82. The van der Waals surface area contributed by atoms with Crippen molar-refractivity contribution in [3.63, 3.8) is 0 Å². The molecule has 0 radical (unpaired) electrons. The van der Waals surface area contributed by atoms with E-state index >= 15 is 0 Å². The second-order valence-electron chi connectivity index (χ2n) is 6.56. The molecule has 0 bridgehead atoms. The van der Waals surface area contributed by atoms with Gasteiger partial charge < -0.3 is 4.42 Å². The molecule has 5 rings (SSSR count). The molecule has 2 aromatic carbocycles. The van der Waals surface area contributed by atoms with Crippen LogP contribution < -0.4 is 5.56 Å². The molecule has 5 aromatic rings. The quantitative estimate of drug-likeness (QED) is 0.443. The number of aryl methyl sites for hydroxylation is 1. The lowest BCUT2D eigenvalue weighted by Crippen LogP contribution is -2.17. The highest BCUT2D eigenvalue weighted by atomic mass is 16.3. The molecule has 0 aliphatic rings. The highest BCUT2D eigenvalue weighted by Gasteiger charge is 2.13. The van der Waals surface area contributed by atoms with Crippen LogP contribution in [0.5, 0.6) is 0 Å². The van der Waals surface area contributed by atoms with E-state index in [1.54, 1.807) is 10.9 Å². The van der Waals surface area contributed by atoms with E-state index in [4.69, 9.17) is 4.42 Å². The van der Waals surface area contributed by atoms with Crippen molar-refractivity contribution in [1.82, 2.24) is 19.4 Å². The van der Waals surface area contributed by atoms with Gasteiger partial charge in [-0.3, -0.25) is 4.79 Å². The van der Waals surface area contributed by atoms with Gasteiger partial charge in [0, 0.05) is 17.4 Å². The van der Waals surface area contributed by atoms with Gasteiger partial charge in [-0.05, 0) is 18.2 Å². The van der Waals surface area contributed by atoms with Crippen molar-refractivity contribution in [2.75, 3.05) is 0 Å². The van der Waals surface area contributed by atoms with Crippen molar-refractivity contribution < 1.29 is 4.42 Å². The number of aromatic nitrogens is 4. The van der Waals surface area contributed by atoms with Crippen molar-refractivity contribution in [1.29, 1.82) is 0 Å². The second-order valence-corrected chi connectivity index (χ2v) is 6.56. The van der Waals surface area contributed by atoms with E-state index in [9.17, 15) is 4.79 Å². The van der Waals surface area contributed by atoms with Crippen LogP contribution in [0, 0.1) is 0 Å². The Morgan fingerprint density at radius 1 is 1.07 bits per heavy atom. The third-order valence-electron chi connectivity index (χ3n) is 4.82. The Morgan fingerprint density at radius 3 is 2.69 bits per heavy atom. The fraction of sp³-hybridized carbons (Fsp3) is 0.0909. The average molecular weight is 383 g/mol. The third kappa shape index (κ3) is 2.84. The number of hydrogen-bond acceptors (Lipinski definition) is 5. The Bertz CT molecular complexity index is 1410. The summed E-state index contributed by atoms with van der Waals surface area (Å²) in [5.41, 5.74) is 2.73. The van der Waals surface area contributed by atoms with Gasteiger partial charge in [-0.2, -0.15) is 14.9 Å². The topological polar surface area (TPSA) is 78.2 Å². The molecule has 0 atom stereocenters. The first-order chi connectivity index (χ1) is 14.3. The lowest BCUT2D eigenvalue weighted by molar-refractivity contribution is 0.556. The molecule has 0 spiro atoms. The zero-order chi connectivity index (χ0) is 19.8. The number of benzene rings is 2. The molecule has 3 aromatic heterocycles. The first kappa shape index (κ1) is 17.1. The van der Waals surface area contributed by atoms with Crippen LogP contribution in [0.3, 0.4) is 0 Å². The predicted molar refractivity (Wildman–Crippen MR) is 112 cm³/mol. The Labute approximate surface area is 165 Å². The summed E-state index contributed by atoms with van der Waals surface area (Å²) in [5.74, 6) is 0.828. The molecule has 0 aliphatic carbocycles. The average Bonchev–Trinajstić information content (AvgIpc) is 3.36. The zero-order valence-corrected chi connectivity index (χ0v) is 15.7. The summed E-state index contributed by atoms with van der Waals surface area (Å²) in [6.07, 6.45) is 5.32. The SMILES string of the molecule is CCc1oc2ccccc2c1/C=N\n1cnc2c(cnn2-c2ccccc2)c1=O. The number of hydrogen-bond donors (Lipinski definition) is 0. The lowest BCUT2D eigenvalue weighted by Gasteiger charge is -2.02. The molecule has 142 valence electrons. The fourth-order valence-corrected chi connectivity index (χ4v) is 3.38. The van der Waals surface area contributed by atoms with Crippen LogP contribution in [-0.2, 0) is 6.42 Å². The first-order valence-corrected chi connectivity index (χ1v) is 9.32. The van der Waals surface area contributed by atoms with E-state index in [0.29, 0.717) is 11.0 Å². The minimum atomic E-state index is -0.278. The summed E-state index contributed by atoms with van der Waals surface area (Å²) < 4.78 is 8.75. The molecular weight excluding hydrogens is 366 g/mol. The van der Waals surface area contributed by atoms with E-state index in [1.165, 1.54) is 17.2 Å². The molecule has 29 heavy (non-hydrogen) atoms. The zero-order valence-electron chi connectivity index (χ0n) is 15.7. The summed E-state index contributed by atoms with van der Waals surface area (Å²) in [7, 11) is 0. The lowest BCUT2D eigenvalue weighted by atomic mass is 10.1. The van der Waals surface area contributed by atoms with Gasteiger partial charge in [-0.15, -0.1) is 0 Å². The number of furan rings is 1. The van der Waals surface area contributed by atoms with Gasteiger partial charge in [-0.1, -0.05) is 43.3 Å². The van der Waals surface area contributed by atoms with Crippen molar-refractivity contribution in [3.05, 3.63) is 88.8 Å². The van der Waals surface area contributed by atoms with Crippen LogP contribution >= 0.6 is 0 Å². The molecule has 7 nitrogen and oxygen atoms in total. The Balaban J connectivity index is 1.59. The predicted octanol–water partition coefficient (Wildman–Crippen LogP) is 3.77. The molecule has 0 fully saturated rings. The molecular formula is C22H17N5O2. The first-order valence-electron chi connectivity index (χ1n) is 9.32. The van der Waals surface area contributed by atoms with E-state index in [1.807, 2.05) is 61.5 Å². The van der Waals surface area contributed by atoms with Crippen molar-refractivity contribution in [3.8, 4) is 5.69 Å². The van der Waals surface area contributed by atoms with E-state index in [2.05, 4.69) is 15.2 Å². The maximum atomic E-state index is 12.9. The highest BCUT2D eigenvalue weighted by molar-refractivity contribution is 5.99. The van der Waals surface area contributed by atoms with Crippen molar-refractivity contribution in [2.24, 2.45) is 5.10 Å². The van der Waals surface area contributed by atoms with Gasteiger partial charge in [0.15, 0.2) is 5.65 Å². The van der Waals surface area contributed by atoms with Crippen LogP contribution in [0.15, 0.2) is 81.4 Å². The maximum absolute atomic E-state index is 12.9. The van der Waals surface area contributed by atoms with E-state index < -0.39 is 0 Å². The minimum absolute atomic E-state index is 0.278. The fourth-order valence-electron chi connectivity index (χ4n) is 3.38. The smallest absolute Gasteiger partial charge is 0.285 e. The van der Waals surface area contributed by atoms with Gasteiger partial charge in [0.1, 0.15) is 23.1 Å². The van der Waals surface area contributed by atoms with Crippen LogP contribution in [-0.4, -0.2) is 25.7 Å². The van der Waals surface area contributed by atoms with Crippen LogP contribution in [0.2, 0.25) is 0 Å². The monoisotopic (exact) mass is 383 g/mol. The molecule has 0 saturated heterocycles. The van der Waals surface area contributed by atoms with E-state index in [-0.39, 0.29) is 5.56 Å². The molecule has 0 saturated carbocycles. The normalized spacial score (nSPS) is 11.8. The van der Waals surface area contributed by atoms with Gasteiger partial charge in [0.2, 0.25) is 0 Å². The Kier molecular flexibility index (Phi) is 4.05. The number of para-hydroxylation sites is 2. The molecule has 0 unspecified atom stereocenters. The number of nitrogens with zero attached hydrogens (tertiary/aromatic N) is 5. The second kappa shape index (κ2) is 6.87. The van der Waals surface area contributed by atoms with Gasteiger partial charge in [-0.25, -0.2) is 9.67 Å². The molecule has 7 heteroatoms. The number of rotatable bonds is 4. The van der Waals surface area contributed by atoms with Crippen LogP contribution in [0.4, 0.5) is 0 Å². The summed E-state index contributed by atoms with van der Waals surface area (Å²) in [6.45, 7) is 2.02. The van der Waals surface area contributed by atoms with E-state index in [0.717, 1.165) is 34.4 Å². The molecule has 0 amide bonds. The molecule has 3 heterocycles. The molecule has 0 aliphatic heterocycles. The Morgan fingerprint density at radius 2 is 1.86 bits per heavy atom. The minimum Gasteiger partial charge on any atom is -0.460 e. The van der Waals surface area contributed by atoms with Crippen LogP contribution in [0.25, 0.3) is 27.7 Å². The van der Waals surface area contributed by atoms with Gasteiger partial charge >= 0.3 is 0 Å². The van der Waals surface area contributed by atoms with Crippen molar-refractivity contribution >= 4 is 28.2 Å². The summed E-state index contributed by atoms with van der Waals surface area (Å²) in [5, 5.41) is 10.0. The highest BCUT2D eigenvalue weighted by Crippen LogP contribution is 2.24. The van der Waals surface area contributed by atoms with Gasteiger partial charge in [0.25, 0.3) is 5.56 Å². The summed E-state index contributed by atoms with van der Waals surface area (Å²) in [6, 6.07) is 17.4. The maximum Gasteiger partial charge on any atom is 0.285 e.